The first-order chi connectivity index (χ1) is 10.3. The highest BCUT2D eigenvalue weighted by atomic mass is 32.2. The van der Waals surface area contributed by atoms with Gasteiger partial charge in [0.1, 0.15) is 6.33 Å². The van der Waals surface area contributed by atoms with Gasteiger partial charge in [-0.1, -0.05) is 18.2 Å². The molecule has 0 aliphatic heterocycles. The van der Waals surface area contributed by atoms with E-state index in [9.17, 15) is 21.6 Å². The van der Waals surface area contributed by atoms with Crippen LogP contribution in [-0.2, 0) is 10.0 Å². The van der Waals surface area contributed by atoms with Gasteiger partial charge >= 0.3 is 6.18 Å². The summed E-state index contributed by atoms with van der Waals surface area (Å²) >= 11 is 0. The van der Waals surface area contributed by atoms with Crippen molar-refractivity contribution in [2.75, 3.05) is 10.5 Å². The number of alkyl halides is 3. The summed E-state index contributed by atoms with van der Waals surface area (Å²) in [4.78, 5) is 0. The highest BCUT2D eigenvalue weighted by Gasteiger charge is 2.27. The number of para-hydroxylation sites is 1. The van der Waals surface area contributed by atoms with Crippen LogP contribution in [0, 0.1) is 0 Å². The summed E-state index contributed by atoms with van der Waals surface area (Å²) < 4.78 is 63.3. The number of benzene rings is 1. The van der Waals surface area contributed by atoms with Crippen molar-refractivity contribution in [2.24, 2.45) is 0 Å². The Labute approximate surface area is 125 Å². The lowest BCUT2D eigenvalue weighted by Gasteiger charge is -2.10. The molecule has 22 heavy (non-hydrogen) atoms. The zero-order valence-electron chi connectivity index (χ0n) is 11.3. The molecule has 1 aromatic carbocycles. The van der Waals surface area contributed by atoms with E-state index in [-0.39, 0.29) is 5.95 Å². The Bertz CT molecular complexity index is 713. The second-order valence-electron chi connectivity index (χ2n) is 4.50. The molecule has 0 saturated carbocycles. The minimum atomic E-state index is -4.38. The van der Waals surface area contributed by atoms with E-state index >= 15 is 0 Å². The molecular formula is C12H13F3N4O2S. The Morgan fingerprint density at radius 1 is 1.18 bits per heavy atom. The summed E-state index contributed by atoms with van der Waals surface area (Å²) in [5, 5.41) is 7.24. The summed E-state index contributed by atoms with van der Waals surface area (Å²) in [5.41, 5.74) is 0.625. The van der Waals surface area contributed by atoms with Gasteiger partial charge in [-0.15, -0.1) is 10.2 Å². The van der Waals surface area contributed by atoms with E-state index in [1.165, 1.54) is 10.9 Å². The maximum atomic E-state index is 12.1. The zero-order valence-corrected chi connectivity index (χ0v) is 12.1. The van der Waals surface area contributed by atoms with E-state index in [1.807, 2.05) is 0 Å². The van der Waals surface area contributed by atoms with Crippen LogP contribution in [0.1, 0.15) is 12.8 Å². The highest BCUT2D eigenvalue weighted by molar-refractivity contribution is 7.92. The van der Waals surface area contributed by atoms with E-state index in [0.717, 1.165) is 0 Å². The topological polar surface area (TPSA) is 76.9 Å². The van der Waals surface area contributed by atoms with Gasteiger partial charge in [0.15, 0.2) is 0 Å². The van der Waals surface area contributed by atoms with E-state index in [4.69, 9.17) is 0 Å². The van der Waals surface area contributed by atoms with Crippen molar-refractivity contribution in [2.45, 2.75) is 19.0 Å². The van der Waals surface area contributed by atoms with E-state index in [1.54, 1.807) is 30.3 Å². The third kappa shape index (κ3) is 4.72. The smallest absolute Gasteiger partial charge is 0.267 e. The minimum absolute atomic E-state index is 0.0711. The van der Waals surface area contributed by atoms with Crippen LogP contribution in [-0.4, -0.2) is 35.1 Å². The van der Waals surface area contributed by atoms with Crippen LogP contribution in [0.2, 0.25) is 0 Å². The Hall–Kier alpha value is -2.10. The van der Waals surface area contributed by atoms with E-state index in [0.29, 0.717) is 5.69 Å². The molecule has 2 rings (SSSR count). The number of sulfonamides is 1. The Morgan fingerprint density at radius 2 is 1.86 bits per heavy atom. The van der Waals surface area contributed by atoms with Gasteiger partial charge in [-0.25, -0.2) is 8.42 Å². The predicted molar refractivity (Wildman–Crippen MR) is 74.1 cm³/mol. The standard InChI is InChI=1S/C12H13F3N4O2S/c13-12(14,15)7-4-8-22(20,21)18-11-17-16-9-19(11)10-5-2-1-3-6-10/h1-3,5-6,9H,4,7-8H2,(H,17,18). The molecule has 120 valence electrons. The van der Waals surface area contributed by atoms with Gasteiger partial charge in [0.2, 0.25) is 16.0 Å². The molecule has 10 heteroatoms. The van der Waals surface area contributed by atoms with Crippen LogP contribution in [0.15, 0.2) is 36.7 Å². The number of hydrogen-bond acceptors (Lipinski definition) is 4. The largest absolute Gasteiger partial charge is 0.389 e. The summed E-state index contributed by atoms with van der Waals surface area (Å²) in [6, 6.07) is 8.71. The molecule has 0 aliphatic rings. The fourth-order valence-corrected chi connectivity index (χ4v) is 2.78. The second kappa shape index (κ2) is 6.34. The molecule has 1 heterocycles. The Balaban J connectivity index is 2.06. The average Bonchev–Trinajstić information content (AvgIpc) is 2.85. The van der Waals surface area contributed by atoms with E-state index in [2.05, 4.69) is 14.9 Å². The summed E-state index contributed by atoms with van der Waals surface area (Å²) in [6.45, 7) is 0. The fourth-order valence-electron chi connectivity index (χ4n) is 1.73. The molecule has 0 atom stereocenters. The van der Waals surface area contributed by atoms with Crippen molar-refractivity contribution in [3.63, 3.8) is 0 Å². The number of nitrogens with one attached hydrogen (secondary N) is 1. The molecule has 0 spiro atoms. The van der Waals surface area contributed by atoms with Crippen LogP contribution >= 0.6 is 0 Å². The third-order valence-electron chi connectivity index (χ3n) is 2.70. The average molecular weight is 334 g/mol. The fraction of sp³-hybridized carbons (Fsp3) is 0.333. The molecule has 0 fully saturated rings. The van der Waals surface area contributed by atoms with Crippen molar-refractivity contribution in [1.82, 2.24) is 14.8 Å². The molecule has 0 saturated heterocycles. The summed E-state index contributed by atoms with van der Waals surface area (Å²) in [6.07, 6.45) is -4.74. The molecule has 0 bridgehead atoms. The molecule has 0 amide bonds. The van der Waals surface area contributed by atoms with Gasteiger partial charge in [0.25, 0.3) is 0 Å². The lowest BCUT2D eigenvalue weighted by Crippen LogP contribution is -2.20. The van der Waals surface area contributed by atoms with Gasteiger partial charge in [-0.2, -0.15) is 13.2 Å². The number of nitrogens with zero attached hydrogens (tertiary/aromatic N) is 3. The van der Waals surface area contributed by atoms with E-state index < -0.39 is 34.8 Å². The monoisotopic (exact) mass is 334 g/mol. The van der Waals surface area contributed by atoms with Crippen molar-refractivity contribution < 1.29 is 21.6 Å². The normalized spacial score (nSPS) is 12.3. The van der Waals surface area contributed by atoms with Crippen molar-refractivity contribution in [3.05, 3.63) is 36.7 Å². The second-order valence-corrected chi connectivity index (χ2v) is 6.34. The molecule has 1 aromatic heterocycles. The summed E-state index contributed by atoms with van der Waals surface area (Å²) in [5.74, 6) is -0.716. The first-order valence-corrected chi connectivity index (χ1v) is 7.95. The van der Waals surface area contributed by atoms with Crippen molar-refractivity contribution in [3.8, 4) is 5.69 Å². The molecule has 2 aromatic rings. The van der Waals surface area contributed by atoms with Crippen LogP contribution in [0.25, 0.3) is 5.69 Å². The molecular weight excluding hydrogens is 321 g/mol. The maximum absolute atomic E-state index is 12.1. The molecule has 1 N–H and O–H groups in total. The molecule has 0 radical (unpaired) electrons. The first kappa shape index (κ1) is 16.3. The lowest BCUT2D eigenvalue weighted by molar-refractivity contribution is -0.134. The molecule has 0 unspecified atom stereocenters. The SMILES string of the molecule is O=S(=O)(CCCC(F)(F)F)Nc1nncn1-c1ccccc1. The lowest BCUT2D eigenvalue weighted by atomic mass is 10.3. The minimum Gasteiger partial charge on any atom is -0.267 e. The zero-order chi connectivity index (χ0) is 16.2. The van der Waals surface area contributed by atoms with Crippen molar-refractivity contribution in [1.29, 1.82) is 0 Å². The van der Waals surface area contributed by atoms with Crippen molar-refractivity contribution >= 4 is 16.0 Å². The van der Waals surface area contributed by atoms with Gasteiger partial charge in [-0.05, 0) is 18.6 Å². The van der Waals surface area contributed by atoms with Crippen LogP contribution in [0.5, 0.6) is 0 Å². The third-order valence-corrected chi connectivity index (χ3v) is 4.02. The quantitative estimate of drug-likeness (QED) is 0.880. The predicted octanol–water partition coefficient (Wildman–Crippen LogP) is 2.35. The van der Waals surface area contributed by atoms with Crippen LogP contribution in [0.3, 0.4) is 0 Å². The van der Waals surface area contributed by atoms with Gasteiger partial charge in [-0.3, -0.25) is 9.29 Å². The summed E-state index contributed by atoms with van der Waals surface area (Å²) in [7, 11) is -3.93. The Kier molecular flexibility index (Phi) is 4.69. The van der Waals surface area contributed by atoms with Gasteiger partial charge in [0.05, 0.1) is 11.4 Å². The number of anilines is 1. The number of hydrogen-bond donors (Lipinski definition) is 1. The first-order valence-electron chi connectivity index (χ1n) is 6.29. The van der Waals surface area contributed by atoms with Gasteiger partial charge in [0, 0.05) is 6.42 Å². The Morgan fingerprint density at radius 3 is 2.50 bits per heavy atom. The molecule has 6 nitrogen and oxygen atoms in total. The number of halogens is 3. The highest BCUT2D eigenvalue weighted by Crippen LogP contribution is 2.22. The van der Waals surface area contributed by atoms with Crippen LogP contribution in [0.4, 0.5) is 19.1 Å². The number of aromatic nitrogens is 3. The maximum Gasteiger partial charge on any atom is 0.389 e. The molecule has 0 aliphatic carbocycles. The van der Waals surface area contributed by atoms with Gasteiger partial charge < -0.3 is 0 Å². The van der Waals surface area contributed by atoms with Crippen LogP contribution < -0.4 is 4.72 Å². The number of rotatable bonds is 6.